The Kier molecular flexibility index (Phi) is 7.56. The molecule has 1 heterocycles. The highest BCUT2D eigenvalue weighted by Gasteiger charge is 2.17. The monoisotopic (exact) mass is 483 g/mol. The lowest BCUT2D eigenvalue weighted by molar-refractivity contribution is -0.118. The van der Waals surface area contributed by atoms with Gasteiger partial charge in [-0.1, -0.05) is 42.5 Å². The van der Waals surface area contributed by atoms with Gasteiger partial charge in [-0.2, -0.15) is 5.10 Å². The first-order chi connectivity index (χ1) is 14.4. The van der Waals surface area contributed by atoms with Gasteiger partial charge in [-0.3, -0.25) is 4.79 Å². The van der Waals surface area contributed by atoms with Gasteiger partial charge in [-0.05, 0) is 66.4 Å². The van der Waals surface area contributed by atoms with Crippen LogP contribution in [0, 0.1) is 27.7 Å². The SMILES string of the molecule is Cc1ccc(C)c(-n2c(C)c(Br)c(/C=N\NC(=O)CSCc3ccccc3)c2C)c1. The van der Waals surface area contributed by atoms with Crippen LogP contribution in [0.2, 0.25) is 0 Å². The minimum absolute atomic E-state index is 0.105. The molecule has 1 aromatic heterocycles. The maximum Gasteiger partial charge on any atom is 0.250 e. The van der Waals surface area contributed by atoms with Crippen molar-refractivity contribution in [2.24, 2.45) is 5.10 Å². The molecule has 6 heteroatoms. The summed E-state index contributed by atoms with van der Waals surface area (Å²) in [5, 5.41) is 4.20. The second-order valence-electron chi connectivity index (χ2n) is 7.30. The van der Waals surface area contributed by atoms with E-state index >= 15 is 0 Å². The fraction of sp³-hybridized carbons (Fsp3) is 0.250. The van der Waals surface area contributed by atoms with Crippen LogP contribution in [0.25, 0.3) is 5.69 Å². The molecule has 30 heavy (non-hydrogen) atoms. The standard InChI is InChI=1S/C24H26BrN3OS/c1-16-10-11-17(2)22(12-16)28-18(3)21(24(25)19(28)4)13-26-27-23(29)15-30-14-20-8-6-5-7-9-20/h5-13H,14-15H2,1-4H3,(H,27,29)/b26-13-. The number of rotatable bonds is 7. The number of aryl methyl sites for hydroxylation is 2. The third-order valence-corrected chi connectivity index (χ3v) is 6.95. The Morgan fingerprint density at radius 3 is 2.57 bits per heavy atom. The molecule has 0 radical (unpaired) electrons. The number of carbonyl (C=O) groups is 1. The van der Waals surface area contributed by atoms with E-state index in [2.05, 4.69) is 89.1 Å². The summed E-state index contributed by atoms with van der Waals surface area (Å²) < 4.78 is 3.21. The number of benzene rings is 2. The van der Waals surface area contributed by atoms with E-state index in [0.717, 1.165) is 32.9 Å². The highest BCUT2D eigenvalue weighted by molar-refractivity contribution is 9.10. The van der Waals surface area contributed by atoms with Crippen molar-refractivity contribution >= 4 is 39.8 Å². The molecule has 0 atom stereocenters. The van der Waals surface area contributed by atoms with Crippen LogP contribution >= 0.6 is 27.7 Å². The zero-order chi connectivity index (χ0) is 21.7. The Morgan fingerprint density at radius 2 is 1.83 bits per heavy atom. The van der Waals surface area contributed by atoms with Gasteiger partial charge < -0.3 is 4.57 Å². The summed E-state index contributed by atoms with van der Waals surface area (Å²) in [6, 6.07) is 16.6. The van der Waals surface area contributed by atoms with E-state index in [-0.39, 0.29) is 5.91 Å². The molecule has 0 aliphatic heterocycles. The van der Waals surface area contributed by atoms with Crippen molar-refractivity contribution in [3.05, 3.63) is 86.6 Å². The third-order valence-electron chi connectivity index (χ3n) is 4.95. The molecular formula is C24H26BrN3OS. The third kappa shape index (κ3) is 5.24. The van der Waals surface area contributed by atoms with E-state index in [1.165, 1.54) is 16.7 Å². The Hall–Kier alpha value is -2.31. The maximum atomic E-state index is 12.1. The number of nitrogens with one attached hydrogen (secondary N) is 1. The number of carbonyl (C=O) groups excluding carboxylic acids is 1. The molecule has 1 amide bonds. The summed E-state index contributed by atoms with van der Waals surface area (Å²) in [4.78, 5) is 12.1. The molecule has 3 aromatic rings. The Morgan fingerprint density at radius 1 is 1.10 bits per heavy atom. The van der Waals surface area contributed by atoms with Crippen LogP contribution < -0.4 is 5.43 Å². The number of hydrazone groups is 1. The Balaban J connectivity index is 1.67. The van der Waals surface area contributed by atoms with Crippen LogP contribution in [-0.4, -0.2) is 22.4 Å². The summed E-state index contributed by atoms with van der Waals surface area (Å²) in [5.74, 6) is 1.07. The van der Waals surface area contributed by atoms with Crippen LogP contribution in [0.15, 0.2) is 58.1 Å². The minimum Gasteiger partial charge on any atom is -0.316 e. The van der Waals surface area contributed by atoms with E-state index in [1.54, 1.807) is 18.0 Å². The van der Waals surface area contributed by atoms with Crippen molar-refractivity contribution in [1.29, 1.82) is 0 Å². The van der Waals surface area contributed by atoms with E-state index in [4.69, 9.17) is 0 Å². The first-order valence-corrected chi connectivity index (χ1v) is 11.7. The molecule has 0 spiro atoms. The van der Waals surface area contributed by atoms with E-state index in [1.807, 2.05) is 18.2 Å². The molecule has 1 N–H and O–H groups in total. The fourth-order valence-electron chi connectivity index (χ4n) is 3.33. The summed E-state index contributed by atoms with van der Waals surface area (Å²) >= 11 is 5.27. The normalized spacial score (nSPS) is 11.2. The molecule has 0 saturated carbocycles. The quantitative estimate of drug-likeness (QED) is 0.338. The van der Waals surface area contributed by atoms with Crippen LogP contribution in [0.1, 0.15) is 33.6 Å². The summed E-state index contributed by atoms with van der Waals surface area (Å²) in [7, 11) is 0. The fourth-order valence-corrected chi connectivity index (χ4v) is 4.68. The molecule has 3 rings (SSSR count). The van der Waals surface area contributed by atoms with Gasteiger partial charge in [0, 0.05) is 32.9 Å². The van der Waals surface area contributed by atoms with Crippen molar-refractivity contribution < 1.29 is 4.79 Å². The highest BCUT2D eigenvalue weighted by Crippen LogP contribution is 2.31. The van der Waals surface area contributed by atoms with Crippen molar-refractivity contribution in [3.63, 3.8) is 0 Å². The smallest absolute Gasteiger partial charge is 0.250 e. The molecule has 0 unspecified atom stereocenters. The Labute approximate surface area is 190 Å². The molecule has 0 fully saturated rings. The predicted molar refractivity (Wildman–Crippen MR) is 131 cm³/mol. The average molecular weight is 484 g/mol. The molecule has 2 aromatic carbocycles. The molecule has 0 saturated heterocycles. The van der Waals surface area contributed by atoms with Gasteiger partial charge in [0.1, 0.15) is 0 Å². The number of hydrogen-bond acceptors (Lipinski definition) is 3. The summed E-state index contributed by atoms with van der Waals surface area (Å²) in [6.07, 6.45) is 1.72. The Bertz CT molecular complexity index is 1070. The van der Waals surface area contributed by atoms with Crippen molar-refractivity contribution in [2.75, 3.05) is 5.75 Å². The maximum absolute atomic E-state index is 12.1. The lowest BCUT2D eigenvalue weighted by atomic mass is 10.1. The van der Waals surface area contributed by atoms with Gasteiger partial charge in [0.15, 0.2) is 0 Å². The van der Waals surface area contributed by atoms with Gasteiger partial charge in [0.2, 0.25) is 5.91 Å². The second kappa shape index (κ2) is 10.1. The lowest BCUT2D eigenvalue weighted by Crippen LogP contribution is -2.19. The number of aromatic nitrogens is 1. The highest BCUT2D eigenvalue weighted by atomic mass is 79.9. The van der Waals surface area contributed by atoms with Crippen LogP contribution in [0.4, 0.5) is 0 Å². The molecular weight excluding hydrogens is 458 g/mol. The first kappa shape index (κ1) is 22.4. The number of halogens is 1. The average Bonchev–Trinajstić information content (AvgIpc) is 2.94. The molecule has 156 valence electrons. The largest absolute Gasteiger partial charge is 0.316 e. The van der Waals surface area contributed by atoms with E-state index < -0.39 is 0 Å². The van der Waals surface area contributed by atoms with Crippen molar-refractivity contribution in [3.8, 4) is 5.69 Å². The van der Waals surface area contributed by atoms with Crippen LogP contribution in [0.3, 0.4) is 0 Å². The van der Waals surface area contributed by atoms with Gasteiger partial charge in [0.25, 0.3) is 0 Å². The second-order valence-corrected chi connectivity index (χ2v) is 9.07. The van der Waals surface area contributed by atoms with Crippen LogP contribution in [-0.2, 0) is 10.5 Å². The molecule has 0 aliphatic carbocycles. The molecule has 0 bridgehead atoms. The zero-order valence-electron chi connectivity index (χ0n) is 17.7. The summed E-state index contributed by atoms with van der Waals surface area (Å²) in [5.41, 5.74) is 10.6. The number of hydrogen-bond donors (Lipinski definition) is 1. The molecule has 4 nitrogen and oxygen atoms in total. The first-order valence-electron chi connectivity index (χ1n) is 9.77. The number of thioether (sulfide) groups is 1. The van der Waals surface area contributed by atoms with Crippen molar-refractivity contribution in [2.45, 2.75) is 33.4 Å². The number of amides is 1. The van der Waals surface area contributed by atoms with Crippen LogP contribution in [0.5, 0.6) is 0 Å². The van der Waals surface area contributed by atoms with E-state index in [0.29, 0.717) is 5.75 Å². The van der Waals surface area contributed by atoms with Gasteiger partial charge in [0.05, 0.1) is 12.0 Å². The van der Waals surface area contributed by atoms with Crippen molar-refractivity contribution in [1.82, 2.24) is 9.99 Å². The van der Waals surface area contributed by atoms with E-state index in [9.17, 15) is 4.79 Å². The zero-order valence-corrected chi connectivity index (χ0v) is 20.1. The molecule has 0 aliphatic rings. The predicted octanol–water partition coefficient (Wildman–Crippen LogP) is 5.86. The number of nitrogens with zero attached hydrogens (tertiary/aromatic N) is 2. The summed E-state index contributed by atoms with van der Waals surface area (Å²) in [6.45, 7) is 8.36. The van der Waals surface area contributed by atoms with Gasteiger partial charge in [-0.25, -0.2) is 5.43 Å². The van der Waals surface area contributed by atoms with Gasteiger partial charge >= 0.3 is 0 Å². The van der Waals surface area contributed by atoms with Gasteiger partial charge in [-0.15, -0.1) is 11.8 Å². The minimum atomic E-state index is -0.105. The topological polar surface area (TPSA) is 46.4 Å². The lowest BCUT2D eigenvalue weighted by Gasteiger charge is -2.13.